The first-order chi connectivity index (χ1) is 17.7. The molecule has 188 valence electrons. The lowest BCUT2D eigenvalue weighted by Gasteiger charge is -2.24. The zero-order chi connectivity index (χ0) is 26.3. The summed E-state index contributed by atoms with van der Waals surface area (Å²) in [6.45, 7) is 5.53. The monoisotopic (exact) mass is 495 g/mol. The lowest BCUT2D eigenvalue weighted by molar-refractivity contribution is -0.138. The van der Waals surface area contributed by atoms with Gasteiger partial charge < -0.3 is 10.2 Å². The molecule has 0 bridgehead atoms. The minimum Gasteiger partial charge on any atom is -0.340 e. The topological polar surface area (TPSA) is 87.5 Å². The summed E-state index contributed by atoms with van der Waals surface area (Å²) in [6.07, 6.45) is 0. The Balaban J connectivity index is 1.32. The number of likely N-dealkylation sites (N-methyl/N-ethyl adjacent to an activating group) is 1. The van der Waals surface area contributed by atoms with Crippen LogP contribution in [0, 0.1) is 13.8 Å². The minimum atomic E-state index is -1.25. The van der Waals surface area contributed by atoms with Gasteiger partial charge in [0, 0.05) is 24.8 Å². The maximum Gasteiger partial charge on any atom is 0.325 e. The molecule has 1 saturated heterocycles. The van der Waals surface area contributed by atoms with Crippen molar-refractivity contribution in [1.29, 1.82) is 0 Å². The number of para-hydroxylation sites is 1. The van der Waals surface area contributed by atoms with E-state index in [-0.39, 0.29) is 12.5 Å². The van der Waals surface area contributed by atoms with Gasteiger partial charge in [-0.05, 0) is 55.3 Å². The number of nitrogens with one attached hydrogen (secondary N) is 1. The predicted molar refractivity (Wildman–Crippen MR) is 141 cm³/mol. The van der Waals surface area contributed by atoms with E-state index in [1.54, 1.807) is 14.0 Å². The van der Waals surface area contributed by atoms with Gasteiger partial charge in [-0.1, -0.05) is 54.6 Å². The van der Waals surface area contributed by atoms with E-state index < -0.39 is 17.5 Å². The van der Waals surface area contributed by atoms with Crippen molar-refractivity contribution < 1.29 is 14.4 Å². The normalized spacial score (nSPS) is 17.4. The number of imide groups is 1. The highest BCUT2D eigenvalue weighted by molar-refractivity contribution is 6.09. The third kappa shape index (κ3) is 4.24. The van der Waals surface area contributed by atoms with Crippen LogP contribution in [-0.4, -0.2) is 51.0 Å². The molecule has 2 heterocycles. The Bertz CT molecular complexity index is 1530. The summed E-state index contributed by atoms with van der Waals surface area (Å²) in [7, 11) is 1.67. The quantitative estimate of drug-likeness (QED) is 0.409. The number of hydrogen-bond acceptors (Lipinski definition) is 4. The molecule has 0 spiro atoms. The Hall–Kier alpha value is -4.46. The molecular formula is C29H29N5O3. The number of fused-ring (bicyclic) bond motifs is 1. The highest BCUT2D eigenvalue weighted by atomic mass is 16.2. The van der Waals surface area contributed by atoms with Crippen LogP contribution in [0.1, 0.15) is 29.4 Å². The van der Waals surface area contributed by atoms with Crippen molar-refractivity contribution >= 4 is 28.6 Å². The van der Waals surface area contributed by atoms with E-state index in [1.807, 2.05) is 91.3 Å². The highest BCUT2D eigenvalue weighted by Gasteiger charge is 2.49. The van der Waals surface area contributed by atoms with Crippen molar-refractivity contribution in [2.75, 3.05) is 13.6 Å². The van der Waals surface area contributed by atoms with Crippen LogP contribution in [0.4, 0.5) is 4.79 Å². The summed E-state index contributed by atoms with van der Waals surface area (Å²) >= 11 is 0. The van der Waals surface area contributed by atoms with Crippen molar-refractivity contribution in [3.63, 3.8) is 0 Å². The average Bonchev–Trinajstić information content (AvgIpc) is 3.31. The van der Waals surface area contributed by atoms with Crippen LogP contribution in [-0.2, 0) is 21.7 Å². The van der Waals surface area contributed by atoms with E-state index in [4.69, 9.17) is 0 Å². The third-order valence-corrected chi connectivity index (χ3v) is 7.16. The molecule has 37 heavy (non-hydrogen) atoms. The molecule has 1 fully saturated rings. The van der Waals surface area contributed by atoms with Crippen molar-refractivity contribution in [3.8, 4) is 5.69 Å². The fourth-order valence-electron chi connectivity index (χ4n) is 4.84. The molecule has 0 radical (unpaired) electrons. The SMILES string of the molecule is Cc1nn(-c2ccccc2)c(C)c1CN(C)C(=O)CN1C(=O)N[C@@](C)(c2ccc3ccccc3c2)C1=O. The van der Waals surface area contributed by atoms with E-state index in [0.717, 1.165) is 38.3 Å². The molecular weight excluding hydrogens is 466 g/mol. The number of urea groups is 1. The minimum absolute atomic E-state index is 0.314. The largest absolute Gasteiger partial charge is 0.340 e. The molecule has 8 nitrogen and oxygen atoms in total. The Kier molecular flexibility index (Phi) is 6.03. The van der Waals surface area contributed by atoms with Crippen LogP contribution in [0.5, 0.6) is 0 Å². The number of nitrogens with zero attached hydrogens (tertiary/aromatic N) is 4. The second kappa shape index (κ2) is 9.20. The summed E-state index contributed by atoms with van der Waals surface area (Å²) in [6, 6.07) is 22.7. The highest BCUT2D eigenvalue weighted by Crippen LogP contribution is 2.31. The van der Waals surface area contributed by atoms with Gasteiger partial charge in [-0.2, -0.15) is 5.10 Å². The number of benzene rings is 3. The number of aryl methyl sites for hydroxylation is 1. The van der Waals surface area contributed by atoms with Crippen molar-refractivity contribution in [2.45, 2.75) is 32.9 Å². The van der Waals surface area contributed by atoms with Crippen LogP contribution in [0.3, 0.4) is 0 Å². The summed E-state index contributed by atoms with van der Waals surface area (Å²) in [5, 5.41) is 9.46. The second-order valence-corrected chi connectivity index (χ2v) is 9.65. The number of rotatable bonds is 6. The molecule has 0 saturated carbocycles. The molecule has 4 amide bonds. The van der Waals surface area contributed by atoms with E-state index >= 15 is 0 Å². The van der Waals surface area contributed by atoms with Gasteiger partial charge in [-0.25, -0.2) is 9.48 Å². The van der Waals surface area contributed by atoms with Gasteiger partial charge in [0.05, 0.1) is 11.4 Å². The number of amides is 4. The molecule has 1 atom stereocenters. The fourth-order valence-corrected chi connectivity index (χ4v) is 4.84. The maximum absolute atomic E-state index is 13.4. The van der Waals surface area contributed by atoms with Crippen LogP contribution < -0.4 is 5.32 Å². The molecule has 1 aliphatic rings. The Morgan fingerprint density at radius 2 is 1.65 bits per heavy atom. The smallest absolute Gasteiger partial charge is 0.325 e. The third-order valence-electron chi connectivity index (χ3n) is 7.16. The summed E-state index contributed by atoms with van der Waals surface area (Å²) < 4.78 is 1.86. The zero-order valence-corrected chi connectivity index (χ0v) is 21.4. The number of aromatic nitrogens is 2. The number of carbonyl (C=O) groups is 3. The summed E-state index contributed by atoms with van der Waals surface area (Å²) in [5.41, 5.74) is 3.05. The van der Waals surface area contributed by atoms with E-state index in [0.29, 0.717) is 12.1 Å². The van der Waals surface area contributed by atoms with Crippen LogP contribution in [0.15, 0.2) is 72.8 Å². The van der Waals surface area contributed by atoms with Gasteiger partial charge in [0.1, 0.15) is 12.1 Å². The molecule has 0 unspecified atom stereocenters. The van der Waals surface area contributed by atoms with Crippen molar-refractivity contribution in [3.05, 3.63) is 95.3 Å². The molecule has 0 aliphatic carbocycles. The predicted octanol–water partition coefficient (Wildman–Crippen LogP) is 4.07. The van der Waals surface area contributed by atoms with Gasteiger partial charge >= 0.3 is 6.03 Å². The molecule has 1 aliphatic heterocycles. The second-order valence-electron chi connectivity index (χ2n) is 9.65. The van der Waals surface area contributed by atoms with Gasteiger partial charge in [-0.15, -0.1) is 0 Å². The molecule has 8 heteroatoms. The average molecular weight is 496 g/mol. The Morgan fingerprint density at radius 3 is 2.38 bits per heavy atom. The number of carbonyl (C=O) groups excluding carboxylic acids is 3. The van der Waals surface area contributed by atoms with Crippen molar-refractivity contribution in [2.24, 2.45) is 0 Å². The van der Waals surface area contributed by atoms with Gasteiger partial charge in [-0.3, -0.25) is 14.5 Å². The molecule has 1 aromatic heterocycles. The Morgan fingerprint density at radius 1 is 0.973 bits per heavy atom. The van der Waals surface area contributed by atoms with Crippen LogP contribution in [0.25, 0.3) is 16.5 Å². The van der Waals surface area contributed by atoms with Crippen LogP contribution >= 0.6 is 0 Å². The van der Waals surface area contributed by atoms with Gasteiger partial charge in [0.15, 0.2) is 0 Å². The lowest BCUT2D eigenvalue weighted by Crippen LogP contribution is -2.43. The first kappa shape index (κ1) is 24.2. The lowest BCUT2D eigenvalue weighted by atomic mass is 9.90. The zero-order valence-electron chi connectivity index (χ0n) is 21.4. The van der Waals surface area contributed by atoms with Crippen LogP contribution in [0.2, 0.25) is 0 Å². The van der Waals surface area contributed by atoms with E-state index in [2.05, 4.69) is 10.4 Å². The molecule has 3 aromatic carbocycles. The molecule has 4 aromatic rings. The summed E-state index contributed by atoms with van der Waals surface area (Å²) in [4.78, 5) is 41.9. The van der Waals surface area contributed by atoms with E-state index in [1.165, 1.54) is 4.90 Å². The van der Waals surface area contributed by atoms with Gasteiger partial charge in [0.25, 0.3) is 5.91 Å². The fraction of sp³-hybridized carbons (Fsp3) is 0.241. The summed E-state index contributed by atoms with van der Waals surface area (Å²) in [5.74, 6) is -0.781. The van der Waals surface area contributed by atoms with Crippen molar-refractivity contribution in [1.82, 2.24) is 24.9 Å². The van der Waals surface area contributed by atoms with Gasteiger partial charge in [0.2, 0.25) is 5.91 Å². The number of hydrogen-bond donors (Lipinski definition) is 1. The molecule has 5 rings (SSSR count). The Labute approximate surface area is 215 Å². The first-order valence-corrected chi connectivity index (χ1v) is 12.2. The first-order valence-electron chi connectivity index (χ1n) is 12.2. The standard InChI is InChI=1S/C29H29N5O3/c1-19-25(20(2)34(31-19)24-12-6-5-7-13-24)17-32(4)26(35)18-33-27(36)29(3,30-28(33)37)23-15-14-21-10-8-9-11-22(21)16-23/h5-16H,17-18H2,1-4H3,(H,30,37)/t29-/m0/s1. The maximum atomic E-state index is 13.4. The van der Waals surface area contributed by atoms with E-state index in [9.17, 15) is 14.4 Å². The molecule has 1 N–H and O–H groups in total.